The molecule has 1 aliphatic rings. The van der Waals surface area contributed by atoms with Crippen molar-refractivity contribution in [2.75, 3.05) is 13.3 Å². The van der Waals surface area contributed by atoms with Crippen LogP contribution < -0.4 is 14.8 Å². The first-order chi connectivity index (χ1) is 17.0. The number of para-hydroxylation sites is 1. The molecule has 5 rings (SSSR count). The Morgan fingerprint density at radius 3 is 2.66 bits per heavy atom. The number of nitrogens with zero attached hydrogens (tertiary/aromatic N) is 3. The highest BCUT2D eigenvalue weighted by Crippen LogP contribution is 2.40. The Balaban J connectivity index is 1.35. The Bertz CT molecular complexity index is 1480. The molecule has 2 amide bonds. The number of azo groups is 1. The molecule has 10 heteroatoms. The van der Waals surface area contributed by atoms with Gasteiger partial charge in [0.2, 0.25) is 12.7 Å². The molecule has 1 aromatic heterocycles. The normalized spacial score (nSPS) is 12.4. The molecule has 2 N–H and O–H groups in total. The van der Waals surface area contributed by atoms with Gasteiger partial charge in [0.05, 0.1) is 17.6 Å². The van der Waals surface area contributed by atoms with E-state index in [2.05, 4.69) is 15.5 Å². The minimum atomic E-state index is -0.762. The van der Waals surface area contributed by atoms with Gasteiger partial charge in [-0.1, -0.05) is 36.4 Å². The van der Waals surface area contributed by atoms with Gasteiger partial charge in [0.25, 0.3) is 11.8 Å². The van der Waals surface area contributed by atoms with E-state index in [0.29, 0.717) is 28.9 Å². The molecule has 0 saturated heterocycles. The zero-order chi connectivity index (χ0) is 24.4. The quantitative estimate of drug-likeness (QED) is 0.405. The van der Waals surface area contributed by atoms with Crippen LogP contribution in [0.1, 0.15) is 15.9 Å². The summed E-state index contributed by atoms with van der Waals surface area (Å²) in [5.74, 6) is -1.08. The van der Waals surface area contributed by atoms with Crippen molar-refractivity contribution in [3.8, 4) is 17.4 Å². The van der Waals surface area contributed by atoms with E-state index >= 15 is 0 Å². The number of aromatic hydroxyl groups is 1. The van der Waals surface area contributed by atoms with Crippen LogP contribution >= 0.6 is 0 Å². The molecular formula is C25H19FN4O5. The van der Waals surface area contributed by atoms with Crippen molar-refractivity contribution < 1.29 is 28.6 Å². The molecule has 0 saturated carbocycles. The molecule has 2 heterocycles. The number of nitrogens with one attached hydrogen (secondary N) is 1. The molecule has 0 unspecified atom stereocenters. The second kappa shape index (κ2) is 9.26. The standard InChI is InChI=1S/C25H19FN4O5/c26-18-7-3-1-5-16(18)24(32)27-12-22(31)28-29-23-17-6-2-4-8-19(17)30(25(23)33)13-15-9-10-20-21(11-15)35-14-34-20/h1-11,33H,12-14H2,(H,27,32). The number of carbonyl (C=O) groups is 2. The van der Waals surface area contributed by atoms with Gasteiger partial charge in [-0.15, -0.1) is 10.2 Å². The van der Waals surface area contributed by atoms with Gasteiger partial charge in [0.15, 0.2) is 17.2 Å². The van der Waals surface area contributed by atoms with Crippen LogP contribution in [0.5, 0.6) is 17.4 Å². The van der Waals surface area contributed by atoms with Crippen molar-refractivity contribution in [2.24, 2.45) is 10.2 Å². The van der Waals surface area contributed by atoms with Gasteiger partial charge in [-0.05, 0) is 35.9 Å². The Morgan fingerprint density at radius 2 is 1.80 bits per heavy atom. The van der Waals surface area contributed by atoms with Gasteiger partial charge in [-0.3, -0.25) is 9.59 Å². The summed E-state index contributed by atoms with van der Waals surface area (Å²) in [6.07, 6.45) is 0. The number of benzene rings is 3. The molecule has 9 nitrogen and oxygen atoms in total. The lowest BCUT2D eigenvalue weighted by Crippen LogP contribution is -2.29. The predicted octanol–water partition coefficient (Wildman–Crippen LogP) is 4.30. The fourth-order valence-corrected chi connectivity index (χ4v) is 3.79. The SMILES string of the molecule is O=C(CNC(=O)c1ccccc1F)N=Nc1c(O)n(Cc2ccc3c(c2)OCO3)c2ccccc12. The second-order valence-electron chi connectivity index (χ2n) is 7.72. The third-order valence-electron chi connectivity index (χ3n) is 5.48. The molecule has 176 valence electrons. The van der Waals surface area contributed by atoms with Crippen LogP contribution in [0.3, 0.4) is 0 Å². The van der Waals surface area contributed by atoms with Crippen LogP contribution in [-0.2, 0) is 11.3 Å². The first kappa shape index (κ1) is 22.1. The topological polar surface area (TPSA) is 115 Å². The smallest absolute Gasteiger partial charge is 0.283 e. The summed E-state index contributed by atoms with van der Waals surface area (Å²) in [7, 11) is 0. The third-order valence-corrected chi connectivity index (χ3v) is 5.48. The number of fused-ring (bicyclic) bond motifs is 2. The van der Waals surface area contributed by atoms with E-state index in [9.17, 15) is 19.1 Å². The summed E-state index contributed by atoms with van der Waals surface area (Å²) >= 11 is 0. The summed E-state index contributed by atoms with van der Waals surface area (Å²) in [6.45, 7) is -0.00575. The second-order valence-corrected chi connectivity index (χ2v) is 7.72. The Hall–Kier alpha value is -4.73. The van der Waals surface area contributed by atoms with Crippen molar-refractivity contribution in [1.82, 2.24) is 9.88 Å². The molecule has 0 spiro atoms. The molecule has 4 aromatic rings. The van der Waals surface area contributed by atoms with E-state index in [-0.39, 0.29) is 23.9 Å². The molecule has 0 fully saturated rings. The Kier molecular flexibility index (Phi) is 5.84. The summed E-state index contributed by atoms with van der Waals surface area (Å²) in [5.41, 5.74) is 1.49. The van der Waals surface area contributed by atoms with Crippen LogP contribution in [0.2, 0.25) is 0 Å². The van der Waals surface area contributed by atoms with Gasteiger partial charge in [-0.2, -0.15) is 0 Å². The number of carbonyl (C=O) groups excluding carboxylic acids is 2. The Morgan fingerprint density at radius 1 is 1.03 bits per heavy atom. The lowest BCUT2D eigenvalue weighted by molar-refractivity contribution is -0.117. The zero-order valence-corrected chi connectivity index (χ0v) is 18.3. The van der Waals surface area contributed by atoms with Crippen molar-refractivity contribution >= 4 is 28.4 Å². The number of ether oxygens (including phenoxy) is 2. The summed E-state index contributed by atoms with van der Waals surface area (Å²) in [4.78, 5) is 24.3. The molecule has 0 radical (unpaired) electrons. The summed E-state index contributed by atoms with van der Waals surface area (Å²) in [5, 5.41) is 21.4. The maximum Gasteiger partial charge on any atom is 0.283 e. The van der Waals surface area contributed by atoms with E-state index < -0.39 is 24.2 Å². The number of aromatic nitrogens is 1. The maximum absolute atomic E-state index is 13.7. The van der Waals surface area contributed by atoms with E-state index in [0.717, 1.165) is 11.6 Å². The fraction of sp³-hybridized carbons (Fsp3) is 0.120. The summed E-state index contributed by atoms with van der Waals surface area (Å²) in [6, 6.07) is 18.1. The Labute approximate surface area is 198 Å². The largest absolute Gasteiger partial charge is 0.493 e. The molecule has 35 heavy (non-hydrogen) atoms. The van der Waals surface area contributed by atoms with Crippen molar-refractivity contribution in [3.63, 3.8) is 0 Å². The number of rotatable bonds is 6. The zero-order valence-electron chi connectivity index (χ0n) is 18.3. The molecule has 1 aliphatic heterocycles. The van der Waals surface area contributed by atoms with Crippen LogP contribution in [0, 0.1) is 5.82 Å². The highest BCUT2D eigenvalue weighted by Gasteiger charge is 2.19. The van der Waals surface area contributed by atoms with Gasteiger partial charge in [0.1, 0.15) is 12.4 Å². The monoisotopic (exact) mass is 474 g/mol. The first-order valence-corrected chi connectivity index (χ1v) is 10.7. The highest BCUT2D eigenvalue weighted by atomic mass is 19.1. The minimum Gasteiger partial charge on any atom is -0.493 e. The van der Waals surface area contributed by atoms with E-state index in [1.807, 2.05) is 24.3 Å². The summed E-state index contributed by atoms with van der Waals surface area (Å²) < 4.78 is 26.1. The minimum absolute atomic E-state index is 0.120. The highest BCUT2D eigenvalue weighted by molar-refractivity contribution is 5.97. The van der Waals surface area contributed by atoms with Gasteiger partial charge < -0.3 is 24.5 Å². The number of halogens is 1. The lowest BCUT2D eigenvalue weighted by Gasteiger charge is -2.08. The molecular weight excluding hydrogens is 455 g/mol. The molecule has 0 aliphatic carbocycles. The van der Waals surface area contributed by atoms with Crippen molar-refractivity contribution in [3.05, 3.63) is 83.7 Å². The lowest BCUT2D eigenvalue weighted by atomic mass is 10.2. The van der Waals surface area contributed by atoms with Crippen LogP contribution in [0.4, 0.5) is 10.1 Å². The van der Waals surface area contributed by atoms with Gasteiger partial charge in [-0.25, -0.2) is 4.39 Å². The van der Waals surface area contributed by atoms with Gasteiger partial charge in [0, 0.05) is 5.39 Å². The van der Waals surface area contributed by atoms with Crippen LogP contribution in [0.15, 0.2) is 77.0 Å². The van der Waals surface area contributed by atoms with E-state index in [1.165, 1.54) is 18.2 Å². The average Bonchev–Trinajstić information content (AvgIpc) is 3.44. The van der Waals surface area contributed by atoms with E-state index in [4.69, 9.17) is 9.47 Å². The predicted molar refractivity (Wildman–Crippen MR) is 124 cm³/mol. The number of amides is 2. The number of hydrogen-bond acceptors (Lipinski definition) is 6. The van der Waals surface area contributed by atoms with Crippen LogP contribution in [0.25, 0.3) is 10.9 Å². The average molecular weight is 474 g/mol. The number of hydrogen-bond donors (Lipinski definition) is 2. The van der Waals surface area contributed by atoms with E-state index in [1.54, 1.807) is 22.8 Å². The van der Waals surface area contributed by atoms with Crippen LogP contribution in [-0.4, -0.2) is 34.8 Å². The third kappa shape index (κ3) is 4.41. The maximum atomic E-state index is 13.7. The first-order valence-electron chi connectivity index (χ1n) is 10.7. The fourth-order valence-electron chi connectivity index (χ4n) is 3.79. The molecule has 0 atom stereocenters. The molecule has 0 bridgehead atoms. The van der Waals surface area contributed by atoms with Crippen molar-refractivity contribution in [1.29, 1.82) is 0 Å². The van der Waals surface area contributed by atoms with Crippen molar-refractivity contribution in [2.45, 2.75) is 6.54 Å². The van der Waals surface area contributed by atoms with Gasteiger partial charge >= 0.3 is 0 Å². The molecule has 3 aromatic carbocycles.